The van der Waals surface area contributed by atoms with E-state index in [1.54, 1.807) is 11.3 Å². The highest BCUT2D eigenvalue weighted by Crippen LogP contribution is 2.30. The summed E-state index contributed by atoms with van der Waals surface area (Å²) in [5.74, 6) is 0. The Hall–Kier alpha value is -1.64. The van der Waals surface area contributed by atoms with Gasteiger partial charge >= 0.3 is 0 Å². The quantitative estimate of drug-likeness (QED) is 0.745. The summed E-state index contributed by atoms with van der Waals surface area (Å²) in [6.07, 6.45) is 0.902. The molecule has 3 rings (SSSR count). The first-order chi connectivity index (χ1) is 9.24. The molecule has 0 spiro atoms. The van der Waals surface area contributed by atoms with E-state index < -0.39 is 0 Å². The van der Waals surface area contributed by atoms with Gasteiger partial charge in [0.15, 0.2) is 0 Å². The highest BCUT2D eigenvalue weighted by atomic mass is 32.1. The number of benzene rings is 2. The number of fused-ring (bicyclic) bond motifs is 1. The maximum atomic E-state index is 6.37. The fourth-order valence-corrected chi connectivity index (χ4v) is 3.43. The van der Waals surface area contributed by atoms with Crippen molar-refractivity contribution < 1.29 is 0 Å². The summed E-state index contributed by atoms with van der Waals surface area (Å²) in [6, 6.07) is 19.2. The normalized spacial score (nSPS) is 12.7. The van der Waals surface area contributed by atoms with Crippen molar-refractivity contribution in [3.05, 3.63) is 70.6 Å². The van der Waals surface area contributed by atoms with Gasteiger partial charge in [0.2, 0.25) is 0 Å². The minimum absolute atomic E-state index is 0.0819. The van der Waals surface area contributed by atoms with Crippen LogP contribution in [0, 0.1) is 6.92 Å². The van der Waals surface area contributed by atoms with Gasteiger partial charge in [-0.2, -0.15) is 0 Å². The SMILES string of the molecule is Cc1ccccc1CC(N)c1cc2ccccc2s1. The molecule has 0 aliphatic carbocycles. The summed E-state index contributed by atoms with van der Waals surface area (Å²) in [6.45, 7) is 2.15. The average Bonchev–Trinajstić information content (AvgIpc) is 2.85. The van der Waals surface area contributed by atoms with Gasteiger partial charge in [-0.05, 0) is 42.0 Å². The van der Waals surface area contributed by atoms with Gasteiger partial charge in [0.05, 0.1) is 0 Å². The average molecular weight is 267 g/mol. The first-order valence-corrected chi connectivity index (χ1v) is 7.34. The molecule has 1 aromatic heterocycles. The van der Waals surface area contributed by atoms with Crippen molar-refractivity contribution in [2.75, 3.05) is 0 Å². The van der Waals surface area contributed by atoms with E-state index in [1.165, 1.54) is 26.1 Å². The van der Waals surface area contributed by atoms with Crippen LogP contribution in [0.4, 0.5) is 0 Å². The van der Waals surface area contributed by atoms with Crippen molar-refractivity contribution in [2.45, 2.75) is 19.4 Å². The van der Waals surface area contributed by atoms with Crippen molar-refractivity contribution in [3.63, 3.8) is 0 Å². The Labute approximate surface area is 117 Å². The molecule has 0 radical (unpaired) electrons. The maximum absolute atomic E-state index is 6.37. The Balaban J connectivity index is 1.87. The van der Waals surface area contributed by atoms with Gasteiger partial charge in [-0.15, -0.1) is 11.3 Å². The van der Waals surface area contributed by atoms with Crippen LogP contribution in [0.3, 0.4) is 0 Å². The van der Waals surface area contributed by atoms with Gasteiger partial charge in [-0.25, -0.2) is 0 Å². The third kappa shape index (κ3) is 2.55. The summed E-state index contributed by atoms with van der Waals surface area (Å²) in [5, 5.41) is 1.29. The van der Waals surface area contributed by atoms with E-state index >= 15 is 0 Å². The molecule has 0 aliphatic heterocycles. The molecule has 0 fully saturated rings. The molecule has 2 heteroatoms. The first-order valence-electron chi connectivity index (χ1n) is 6.52. The van der Waals surface area contributed by atoms with Gasteiger partial charge in [-0.1, -0.05) is 42.5 Å². The fourth-order valence-electron chi connectivity index (χ4n) is 2.36. The Kier molecular flexibility index (Phi) is 3.36. The lowest BCUT2D eigenvalue weighted by Crippen LogP contribution is -2.12. The lowest BCUT2D eigenvalue weighted by atomic mass is 10.0. The number of thiophene rings is 1. The van der Waals surface area contributed by atoms with Crippen LogP contribution in [-0.4, -0.2) is 0 Å². The predicted octanol–water partition coefficient (Wildman–Crippen LogP) is 4.45. The molecule has 0 aliphatic rings. The van der Waals surface area contributed by atoms with Crippen molar-refractivity contribution >= 4 is 21.4 Å². The molecule has 0 saturated carbocycles. The fraction of sp³-hybridized carbons (Fsp3) is 0.176. The molecule has 0 saturated heterocycles. The Morgan fingerprint density at radius 3 is 2.58 bits per heavy atom. The molecule has 2 aromatic carbocycles. The number of aryl methyl sites for hydroxylation is 1. The molecule has 2 N–H and O–H groups in total. The Morgan fingerprint density at radius 1 is 1.05 bits per heavy atom. The monoisotopic (exact) mass is 267 g/mol. The molecule has 3 aromatic rings. The second kappa shape index (κ2) is 5.16. The number of hydrogen-bond donors (Lipinski definition) is 1. The molecule has 0 bridgehead atoms. The van der Waals surface area contributed by atoms with E-state index in [0.29, 0.717) is 0 Å². The highest BCUT2D eigenvalue weighted by molar-refractivity contribution is 7.19. The molecular formula is C17H17NS. The van der Waals surface area contributed by atoms with Gasteiger partial charge in [0.25, 0.3) is 0 Å². The smallest absolute Gasteiger partial charge is 0.0431 e. The highest BCUT2D eigenvalue weighted by Gasteiger charge is 2.11. The van der Waals surface area contributed by atoms with Crippen LogP contribution in [0.5, 0.6) is 0 Å². The van der Waals surface area contributed by atoms with Crippen molar-refractivity contribution in [1.82, 2.24) is 0 Å². The summed E-state index contributed by atoms with van der Waals surface area (Å²) in [4.78, 5) is 1.27. The molecule has 1 atom stereocenters. The Bertz CT molecular complexity index is 666. The van der Waals surface area contributed by atoms with E-state index in [4.69, 9.17) is 5.73 Å². The van der Waals surface area contributed by atoms with Crippen molar-refractivity contribution in [2.24, 2.45) is 5.73 Å². The first kappa shape index (κ1) is 12.4. The minimum atomic E-state index is 0.0819. The van der Waals surface area contributed by atoms with E-state index in [2.05, 4.69) is 61.5 Å². The van der Waals surface area contributed by atoms with Gasteiger partial charge in [-0.3, -0.25) is 0 Å². The Morgan fingerprint density at radius 2 is 1.79 bits per heavy atom. The topological polar surface area (TPSA) is 26.0 Å². The van der Waals surface area contributed by atoms with E-state index in [0.717, 1.165) is 6.42 Å². The van der Waals surface area contributed by atoms with Gasteiger partial charge in [0, 0.05) is 15.6 Å². The van der Waals surface area contributed by atoms with Gasteiger partial charge in [0.1, 0.15) is 0 Å². The second-order valence-corrected chi connectivity index (χ2v) is 6.04. The zero-order valence-electron chi connectivity index (χ0n) is 11.0. The van der Waals surface area contributed by atoms with Crippen LogP contribution in [0.1, 0.15) is 22.0 Å². The third-order valence-corrected chi connectivity index (χ3v) is 4.76. The molecular weight excluding hydrogens is 250 g/mol. The lowest BCUT2D eigenvalue weighted by molar-refractivity contribution is 0.733. The van der Waals surface area contributed by atoms with Crippen LogP contribution in [-0.2, 0) is 6.42 Å². The minimum Gasteiger partial charge on any atom is -0.323 e. The molecule has 19 heavy (non-hydrogen) atoms. The predicted molar refractivity (Wildman–Crippen MR) is 83.6 cm³/mol. The van der Waals surface area contributed by atoms with Crippen molar-refractivity contribution in [3.8, 4) is 0 Å². The largest absolute Gasteiger partial charge is 0.323 e. The molecule has 1 unspecified atom stereocenters. The second-order valence-electron chi connectivity index (χ2n) is 4.92. The van der Waals surface area contributed by atoms with E-state index in [-0.39, 0.29) is 6.04 Å². The third-order valence-electron chi connectivity index (χ3n) is 3.51. The lowest BCUT2D eigenvalue weighted by Gasteiger charge is -2.11. The standard InChI is InChI=1S/C17H17NS/c1-12-6-2-3-7-13(12)10-15(18)17-11-14-8-4-5-9-16(14)19-17/h2-9,11,15H,10,18H2,1H3. The van der Waals surface area contributed by atoms with Crippen LogP contribution in [0.25, 0.3) is 10.1 Å². The summed E-state index contributed by atoms with van der Waals surface area (Å²) in [7, 11) is 0. The molecule has 1 heterocycles. The summed E-state index contributed by atoms with van der Waals surface area (Å²) >= 11 is 1.81. The zero-order valence-corrected chi connectivity index (χ0v) is 11.8. The molecule has 96 valence electrons. The van der Waals surface area contributed by atoms with Crippen molar-refractivity contribution in [1.29, 1.82) is 0 Å². The molecule has 0 amide bonds. The maximum Gasteiger partial charge on any atom is 0.0431 e. The summed E-state index contributed by atoms with van der Waals surface area (Å²) in [5.41, 5.74) is 9.03. The number of hydrogen-bond acceptors (Lipinski definition) is 2. The van der Waals surface area contributed by atoms with Gasteiger partial charge < -0.3 is 5.73 Å². The van der Waals surface area contributed by atoms with Crippen LogP contribution in [0.2, 0.25) is 0 Å². The van der Waals surface area contributed by atoms with E-state index in [9.17, 15) is 0 Å². The number of nitrogens with two attached hydrogens (primary N) is 1. The van der Waals surface area contributed by atoms with Crippen LogP contribution < -0.4 is 5.73 Å². The molecule has 1 nitrogen and oxygen atoms in total. The zero-order chi connectivity index (χ0) is 13.2. The van der Waals surface area contributed by atoms with E-state index in [1.807, 2.05) is 0 Å². The van der Waals surface area contributed by atoms with Crippen LogP contribution >= 0.6 is 11.3 Å². The summed E-state index contributed by atoms with van der Waals surface area (Å²) < 4.78 is 1.32. The number of rotatable bonds is 3. The van der Waals surface area contributed by atoms with Crippen LogP contribution in [0.15, 0.2) is 54.6 Å².